The molecule has 9 heavy (non-hydrogen) atoms. The summed E-state index contributed by atoms with van der Waals surface area (Å²) in [6.07, 6.45) is 0. The standard InChI is InChI=1S/Co.4NO/c;4*1-2/q;4*-1. The first-order chi connectivity index (χ1) is 4.00. The summed E-state index contributed by atoms with van der Waals surface area (Å²) >= 11 is 0. The minimum absolute atomic E-state index is 0. The van der Waals surface area contributed by atoms with E-state index in [9.17, 15) is 0 Å². The van der Waals surface area contributed by atoms with E-state index in [0.29, 0.717) is 0 Å². The first-order valence-corrected chi connectivity index (χ1v) is 0.730. The van der Waals surface area contributed by atoms with Crippen molar-refractivity contribution in [3.63, 3.8) is 0 Å². The normalized spacial score (nSPS) is 1.78. The molecule has 0 N–H and O–H groups in total. The van der Waals surface area contributed by atoms with Gasteiger partial charge in [0.15, 0.2) is 0 Å². The van der Waals surface area contributed by atoms with Gasteiger partial charge in [-0.1, -0.05) is 0 Å². The maximum absolute atomic E-state index is 7.25. The van der Waals surface area contributed by atoms with Gasteiger partial charge in [0.1, 0.15) is 0 Å². The van der Waals surface area contributed by atoms with Gasteiger partial charge in [-0.05, 0) is 0 Å². The summed E-state index contributed by atoms with van der Waals surface area (Å²) < 4.78 is 0. The minimum atomic E-state index is 0. The van der Waals surface area contributed by atoms with Crippen molar-refractivity contribution in [2.45, 2.75) is 0 Å². The summed E-state index contributed by atoms with van der Waals surface area (Å²) in [6, 6.07) is 0. The van der Waals surface area contributed by atoms with Crippen LogP contribution >= 0.6 is 0 Å². The average molecular weight is 179 g/mol. The Balaban J connectivity index is -0.00000000762. The average Bonchev–Trinajstić information content (AvgIpc) is 2.03. The minimum Gasteiger partial charge on any atom is -0.577 e. The number of hydrogen-bond donors (Lipinski definition) is 0. The van der Waals surface area contributed by atoms with Gasteiger partial charge in [0.25, 0.3) is 0 Å². The van der Waals surface area contributed by atoms with Crippen molar-refractivity contribution in [2.24, 2.45) is 0 Å². The molecule has 0 rings (SSSR count). The molecule has 0 aromatic rings. The van der Waals surface area contributed by atoms with Crippen LogP contribution in [0.1, 0.15) is 0 Å². The molecule has 1 radical (unpaired) electrons. The van der Waals surface area contributed by atoms with Crippen LogP contribution in [0.15, 0.2) is 0 Å². The second-order valence-electron chi connectivity index (χ2n) is 0. The molecule has 0 amide bonds. The summed E-state index contributed by atoms with van der Waals surface area (Å²) in [5, 5.41) is 0. The van der Waals surface area contributed by atoms with E-state index < -0.39 is 0 Å². The van der Waals surface area contributed by atoms with Crippen molar-refractivity contribution >= 4 is 0 Å². The van der Waals surface area contributed by atoms with Gasteiger partial charge < -0.3 is 42.0 Å². The van der Waals surface area contributed by atoms with Crippen molar-refractivity contribution in [1.82, 2.24) is 0 Å². The molecule has 0 aliphatic heterocycles. The van der Waals surface area contributed by atoms with Crippen LogP contribution in [-0.2, 0) is 16.8 Å². The largest absolute Gasteiger partial charge is 0.577 e. The summed E-state index contributed by atoms with van der Waals surface area (Å²) in [4.78, 5) is 29.0. The molecule has 0 spiro atoms. The molecular weight excluding hydrogens is 179 g/mol. The van der Waals surface area contributed by atoms with Gasteiger partial charge >= 0.3 is 0 Å². The van der Waals surface area contributed by atoms with Gasteiger partial charge in [0, 0.05) is 16.8 Å². The number of rotatable bonds is 0. The molecule has 0 aromatic carbocycles. The predicted molar refractivity (Wildman–Crippen MR) is 26.9 cm³/mol. The maximum atomic E-state index is 7.25. The summed E-state index contributed by atoms with van der Waals surface area (Å²) in [5.74, 6) is 0. The van der Waals surface area contributed by atoms with Crippen LogP contribution in [0.4, 0.5) is 0 Å². The number of hydrogen-bond acceptors (Lipinski definition) is 4. The van der Waals surface area contributed by atoms with Gasteiger partial charge in [-0.3, -0.25) is 0 Å². The zero-order chi connectivity index (χ0) is 8.00. The second kappa shape index (κ2) is 201. The van der Waals surface area contributed by atoms with Gasteiger partial charge in [-0.15, -0.1) is 0 Å². The van der Waals surface area contributed by atoms with Gasteiger partial charge in [0.2, 0.25) is 0 Å². The fourth-order valence-corrected chi connectivity index (χ4v) is 0. The molecule has 0 fully saturated rings. The van der Waals surface area contributed by atoms with Crippen molar-refractivity contribution in [2.75, 3.05) is 0 Å². The Labute approximate surface area is 59.7 Å². The van der Waals surface area contributed by atoms with Crippen molar-refractivity contribution < 1.29 is 16.8 Å². The quantitative estimate of drug-likeness (QED) is 0.547. The van der Waals surface area contributed by atoms with E-state index in [1.165, 1.54) is 0 Å². The van der Waals surface area contributed by atoms with Crippen LogP contribution in [0, 0.1) is 19.6 Å². The number of nitrogens with zero attached hydrogens (tertiary/aromatic N) is 4. The smallest absolute Gasteiger partial charge is 0 e. The Kier molecular flexibility index (Phi) is 1000. The van der Waals surface area contributed by atoms with E-state index in [1.807, 2.05) is 0 Å². The van der Waals surface area contributed by atoms with Crippen molar-refractivity contribution in [1.29, 1.82) is 0 Å². The van der Waals surface area contributed by atoms with Gasteiger partial charge in [-0.25, -0.2) is 0 Å². The summed E-state index contributed by atoms with van der Waals surface area (Å²) in [5.41, 5.74) is 23.0. The third-order valence-corrected chi connectivity index (χ3v) is 0. The third-order valence-electron chi connectivity index (χ3n) is 0. The topological polar surface area (TPSA) is 157 Å². The van der Waals surface area contributed by atoms with E-state index in [-0.39, 0.29) is 16.8 Å². The Morgan fingerprint density at radius 2 is 0.444 bits per heavy atom. The molecule has 0 aromatic heterocycles. The molecule has 0 saturated heterocycles. The molecule has 0 saturated carbocycles. The third kappa shape index (κ3) is 139. The van der Waals surface area contributed by atoms with Crippen LogP contribution in [-0.4, -0.2) is 0 Å². The van der Waals surface area contributed by atoms with E-state index in [1.54, 1.807) is 0 Å². The van der Waals surface area contributed by atoms with Crippen LogP contribution in [0.2, 0.25) is 0 Å². The van der Waals surface area contributed by atoms with Crippen LogP contribution in [0.5, 0.6) is 0 Å². The molecule has 0 heterocycles. The first kappa shape index (κ1) is 44.6. The van der Waals surface area contributed by atoms with E-state index >= 15 is 0 Å². The zero-order valence-electron chi connectivity index (χ0n) is 3.76. The van der Waals surface area contributed by atoms with E-state index in [0.717, 1.165) is 0 Å². The van der Waals surface area contributed by atoms with E-state index in [4.69, 9.17) is 42.0 Å². The van der Waals surface area contributed by atoms with Crippen LogP contribution in [0.25, 0.3) is 22.4 Å². The Morgan fingerprint density at radius 3 is 0.444 bits per heavy atom. The molecule has 0 unspecified atom stereocenters. The number of nitroso groups, excluding NO2 is 4. The summed E-state index contributed by atoms with van der Waals surface area (Å²) in [7, 11) is 0. The summed E-state index contributed by atoms with van der Waals surface area (Å²) in [6.45, 7) is 0. The van der Waals surface area contributed by atoms with Crippen molar-refractivity contribution in [3.05, 3.63) is 42.0 Å². The Morgan fingerprint density at radius 1 is 0.444 bits per heavy atom. The Bertz CT molecular complexity index is 20.5. The zero-order valence-corrected chi connectivity index (χ0v) is 4.80. The predicted octanol–water partition coefficient (Wildman–Crippen LogP) is 1.29. The van der Waals surface area contributed by atoms with Gasteiger partial charge in [0.05, 0.1) is 0 Å². The molecule has 8 nitrogen and oxygen atoms in total. The molecular formula is CoN4O4-4. The van der Waals surface area contributed by atoms with E-state index in [2.05, 4.69) is 0 Å². The maximum Gasteiger partial charge on any atom is 0 e. The van der Waals surface area contributed by atoms with Gasteiger partial charge in [-0.2, -0.15) is 0 Å². The molecule has 9 heteroatoms. The molecule has 0 atom stereocenters. The molecule has 0 aliphatic rings. The SMILES string of the molecule is [Co].[N-]=O.[N-]=O.[N-]=O.[N-]=O. The molecule has 57 valence electrons. The van der Waals surface area contributed by atoms with Crippen LogP contribution < -0.4 is 0 Å². The van der Waals surface area contributed by atoms with Crippen molar-refractivity contribution in [3.8, 4) is 0 Å². The first-order valence-electron chi connectivity index (χ1n) is 0.730. The molecule has 0 aliphatic carbocycles. The molecule has 0 bridgehead atoms. The Hall–Kier alpha value is -1.09. The van der Waals surface area contributed by atoms with Crippen LogP contribution in [0.3, 0.4) is 0 Å². The fourth-order valence-electron chi connectivity index (χ4n) is 0. The second-order valence-corrected chi connectivity index (χ2v) is 0. The monoisotopic (exact) mass is 179 g/mol. The fraction of sp³-hybridized carbons (Fsp3) is 0.